The number of ether oxygens (including phenoxy) is 1. The van der Waals surface area contributed by atoms with Crippen molar-refractivity contribution < 1.29 is 9.53 Å². The highest BCUT2D eigenvalue weighted by molar-refractivity contribution is 6.33. The van der Waals surface area contributed by atoms with Crippen LogP contribution in [0.5, 0.6) is 0 Å². The third-order valence-electron chi connectivity index (χ3n) is 3.45. The van der Waals surface area contributed by atoms with Crippen LogP contribution in [0.15, 0.2) is 18.2 Å². The smallest absolute Gasteiger partial charge is 0.313 e. The van der Waals surface area contributed by atoms with Gasteiger partial charge < -0.3 is 10.5 Å². The highest BCUT2D eigenvalue weighted by Crippen LogP contribution is 2.34. The standard InChI is InChI=1S/C16H24ClNO2/c1-4-7-11(3)10-13(16(19)20-5-2)12-8-6-9-14(17)15(12)18/h6,8-9,11,13H,4-5,7,10,18H2,1-3H3. The van der Waals surface area contributed by atoms with Gasteiger partial charge in [0.15, 0.2) is 0 Å². The average molecular weight is 298 g/mol. The molecule has 0 aliphatic carbocycles. The number of carbonyl (C=O) groups excluding carboxylic acids is 1. The first-order valence-corrected chi connectivity index (χ1v) is 7.59. The summed E-state index contributed by atoms with van der Waals surface area (Å²) < 4.78 is 5.19. The Kier molecular flexibility index (Phi) is 6.86. The summed E-state index contributed by atoms with van der Waals surface area (Å²) in [5.41, 5.74) is 7.29. The molecule has 2 N–H and O–H groups in total. The molecule has 0 saturated heterocycles. The Morgan fingerprint density at radius 2 is 2.10 bits per heavy atom. The maximum absolute atomic E-state index is 12.2. The van der Waals surface area contributed by atoms with Gasteiger partial charge in [0.2, 0.25) is 0 Å². The second-order valence-corrected chi connectivity index (χ2v) is 5.58. The molecule has 0 fully saturated rings. The third-order valence-corrected chi connectivity index (χ3v) is 3.78. The van der Waals surface area contributed by atoms with Gasteiger partial charge in [-0.3, -0.25) is 4.79 Å². The Morgan fingerprint density at radius 3 is 2.70 bits per heavy atom. The van der Waals surface area contributed by atoms with Crippen LogP contribution in [0.1, 0.15) is 51.5 Å². The molecule has 0 amide bonds. The number of esters is 1. The number of benzene rings is 1. The molecule has 0 saturated carbocycles. The largest absolute Gasteiger partial charge is 0.466 e. The van der Waals surface area contributed by atoms with E-state index in [1.165, 1.54) is 0 Å². The van der Waals surface area contributed by atoms with Crippen LogP contribution in [0.2, 0.25) is 5.02 Å². The molecule has 0 aromatic heterocycles. The van der Waals surface area contributed by atoms with Crippen LogP contribution >= 0.6 is 11.6 Å². The SMILES string of the molecule is CCCC(C)CC(C(=O)OCC)c1cccc(Cl)c1N. The number of hydrogen-bond acceptors (Lipinski definition) is 3. The number of rotatable bonds is 7. The van der Waals surface area contributed by atoms with Crippen molar-refractivity contribution in [3.05, 3.63) is 28.8 Å². The average Bonchev–Trinajstić information content (AvgIpc) is 2.40. The van der Waals surface area contributed by atoms with E-state index < -0.39 is 0 Å². The second kappa shape index (κ2) is 8.15. The Bertz CT molecular complexity index is 448. The minimum atomic E-state index is -0.338. The zero-order valence-corrected chi connectivity index (χ0v) is 13.2. The van der Waals surface area contributed by atoms with E-state index in [1.807, 2.05) is 19.1 Å². The number of anilines is 1. The highest BCUT2D eigenvalue weighted by atomic mass is 35.5. The molecule has 4 heteroatoms. The van der Waals surface area contributed by atoms with E-state index in [4.69, 9.17) is 22.1 Å². The lowest BCUT2D eigenvalue weighted by atomic mass is 9.87. The van der Waals surface area contributed by atoms with Gasteiger partial charge >= 0.3 is 5.97 Å². The normalized spacial score (nSPS) is 13.8. The minimum Gasteiger partial charge on any atom is -0.466 e. The Morgan fingerprint density at radius 1 is 1.40 bits per heavy atom. The van der Waals surface area contributed by atoms with Gasteiger partial charge in [0.1, 0.15) is 0 Å². The lowest BCUT2D eigenvalue weighted by Gasteiger charge is -2.21. The fourth-order valence-electron chi connectivity index (χ4n) is 2.46. The van der Waals surface area contributed by atoms with Crippen molar-refractivity contribution >= 4 is 23.3 Å². The molecule has 2 atom stereocenters. The number of halogens is 1. The van der Waals surface area contributed by atoms with Crippen molar-refractivity contribution in [1.82, 2.24) is 0 Å². The van der Waals surface area contributed by atoms with E-state index in [0.717, 1.165) is 24.8 Å². The summed E-state index contributed by atoms with van der Waals surface area (Å²) in [6.45, 7) is 6.48. The molecule has 20 heavy (non-hydrogen) atoms. The molecule has 1 aromatic rings. The number of nitrogens with two attached hydrogens (primary N) is 1. The molecule has 1 rings (SSSR count). The monoisotopic (exact) mass is 297 g/mol. The summed E-state index contributed by atoms with van der Waals surface area (Å²) in [5, 5.41) is 0.486. The lowest BCUT2D eigenvalue weighted by Crippen LogP contribution is -2.20. The molecule has 0 aliphatic rings. The van der Waals surface area contributed by atoms with Gasteiger partial charge in [-0.05, 0) is 30.9 Å². The fourth-order valence-corrected chi connectivity index (χ4v) is 2.65. The van der Waals surface area contributed by atoms with Crippen molar-refractivity contribution in [2.24, 2.45) is 5.92 Å². The number of nitrogen functional groups attached to an aromatic ring is 1. The lowest BCUT2D eigenvalue weighted by molar-refractivity contribution is -0.145. The van der Waals surface area contributed by atoms with E-state index in [0.29, 0.717) is 23.2 Å². The van der Waals surface area contributed by atoms with E-state index >= 15 is 0 Å². The predicted octanol–water partition coefficient (Wildman–Crippen LogP) is 4.40. The molecule has 0 spiro atoms. The molecule has 0 bridgehead atoms. The summed E-state index contributed by atoms with van der Waals surface area (Å²) in [5.74, 6) is -0.118. The van der Waals surface area contributed by atoms with E-state index in [-0.39, 0.29) is 11.9 Å². The molecule has 2 unspecified atom stereocenters. The molecule has 112 valence electrons. The van der Waals surface area contributed by atoms with Crippen LogP contribution in [0, 0.1) is 5.92 Å². The van der Waals surface area contributed by atoms with Gasteiger partial charge in [-0.25, -0.2) is 0 Å². The maximum Gasteiger partial charge on any atom is 0.313 e. The van der Waals surface area contributed by atoms with Gasteiger partial charge in [-0.15, -0.1) is 0 Å². The van der Waals surface area contributed by atoms with Crippen LogP contribution in [0.3, 0.4) is 0 Å². The molecular formula is C16H24ClNO2. The van der Waals surface area contributed by atoms with Crippen LogP contribution in [0.25, 0.3) is 0 Å². The Labute approximate surface area is 126 Å². The first-order chi connectivity index (χ1) is 9.51. The number of carbonyl (C=O) groups is 1. The van der Waals surface area contributed by atoms with Gasteiger partial charge in [0.25, 0.3) is 0 Å². The summed E-state index contributed by atoms with van der Waals surface area (Å²) in [7, 11) is 0. The van der Waals surface area contributed by atoms with Crippen molar-refractivity contribution in [3.63, 3.8) is 0 Å². The van der Waals surface area contributed by atoms with Crippen molar-refractivity contribution in [2.45, 2.75) is 46.0 Å². The second-order valence-electron chi connectivity index (χ2n) is 5.18. The summed E-state index contributed by atoms with van der Waals surface area (Å²) in [6.07, 6.45) is 2.91. The predicted molar refractivity (Wildman–Crippen MR) is 83.9 cm³/mol. The first kappa shape index (κ1) is 16.8. The molecule has 0 radical (unpaired) electrons. The van der Waals surface area contributed by atoms with Crippen LogP contribution < -0.4 is 5.73 Å². The maximum atomic E-state index is 12.2. The molecular weight excluding hydrogens is 274 g/mol. The van der Waals surface area contributed by atoms with Crippen LogP contribution in [-0.4, -0.2) is 12.6 Å². The number of para-hydroxylation sites is 1. The topological polar surface area (TPSA) is 52.3 Å². The zero-order valence-electron chi connectivity index (χ0n) is 12.5. The van der Waals surface area contributed by atoms with Gasteiger partial charge in [0, 0.05) is 0 Å². The van der Waals surface area contributed by atoms with Crippen molar-refractivity contribution in [2.75, 3.05) is 12.3 Å². The van der Waals surface area contributed by atoms with Crippen molar-refractivity contribution in [3.8, 4) is 0 Å². The molecule has 0 aliphatic heterocycles. The molecule has 3 nitrogen and oxygen atoms in total. The van der Waals surface area contributed by atoms with Crippen molar-refractivity contribution in [1.29, 1.82) is 0 Å². The number of hydrogen-bond donors (Lipinski definition) is 1. The fraction of sp³-hybridized carbons (Fsp3) is 0.562. The highest BCUT2D eigenvalue weighted by Gasteiger charge is 2.26. The third kappa shape index (κ3) is 4.41. The van der Waals surface area contributed by atoms with Crippen LogP contribution in [0.4, 0.5) is 5.69 Å². The summed E-state index contributed by atoms with van der Waals surface area (Å²) in [6, 6.07) is 5.42. The van der Waals surface area contributed by atoms with Gasteiger partial charge in [0.05, 0.1) is 23.2 Å². The first-order valence-electron chi connectivity index (χ1n) is 7.21. The quantitative estimate of drug-likeness (QED) is 0.599. The van der Waals surface area contributed by atoms with Gasteiger partial charge in [-0.2, -0.15) is 0 Å². The molecule has 1 aromatic carbocycles. The van der Waals surface area contributed by atoms with E-state index in [9.17, 15) is 4.79 Å². The van der Waals surface area contributed by atoms with E-state index in [2.05, 4.69) is 13.8 Å². The minimum absolute atomic E-state index is 0.218. The van der Waals surface area contributed by atoms with E-state index in [1.54, 1.807) is 6.07 Å². The summed E-state index contributed by atoms with van der Waals surface area (Å²) in [4.78, 5) is 12.2. The Hall–Kier alpha value is -1.22. The summed E-state index contributed by atoms with van der Waals surface area (Å²) >= 11 is 6.06. The van der Waals surface area contributed by atoms with Crippen LogP contribution in [-0.2, 0) is 9.53 Å². The molecule has 0 heterocycles. The Balaban J connectivity index is 3.03. The van der Waals surface area contributed by atoms with Gasteiger partial charge in [-0.1, -0.05) is 50.4 Å². The zero-order chi connectivity index (χ0) is 15.1.